The van der Waals surface area contributed by atoms with Crippen LogP contribution in [0.2, 0.25) is 0 Å². The lowest BCUT2D eigenvalue weighted by atomic mass is 10.0. The molecule has 0 saturated heterocycles. The Bertz CT molecular complexity index is 649. The molecule has 2 N–H and O–H groups in total. The molecular weight excluding hydrogens is 314 g/mol. The van der Waals surface area contributed by atoms with E-state index in [2.05, 4.69) is 67.1 Å². The topological polar surface area (TPSA) is 72.0 Å². The van der Waals surface area contributed by atoms with Crippen LogP contribution in [0, 0.1) is 0 Å². The standard InChI is InChI=1S/C19H29N5O/c1-7-18(3,4)23-15-20-16(24-19(5,6)8-2)22-17(21-15)25-14-12-10-9-11-13-14/h9-13H,7-8H2,1-6H3,(H2,20,21,22,23,24). The van der Waals surface area contributed by atoms with Crippen molar-refractivity contribution < 1.29 is 4.74 Å². The molecule has 0 aliphatic carbocycles. The fourth-order valence-corrected chi connectivity index (χ4v) is 1.89. The Labute approximate surface area is 150 Å². The van der Waals surface area contributed by atoms with Crippen molar-refractivity contribution in [2.75, 3.05) is 10.6 Å². The summed E-state index contributed by atoms with van der Waals surface area (Å²) in [6.45, 7) is 12.7. The summed E-state index contributed by atoms with van der Waals surface area (Å²) in [6.07, 6.45) is 1.88. The summed E-state index contributed by atoms with van der Waals surface area (Å²) < 4.78 is 5.81. The van der Waals surface area contributed by atoms with E-state index in [4.69, 9.17) is 4.74 Å². The van der Waals surface area contributed by atoms with E-state index in [1.165, 1.54) is 0 Å². The van der Waals surface area contributed by atoms with Gasteiger partial charge in [0.15, 0.2) is 0 Å². The van der Waals surface area contributed by atoms with Gasteiger partial charge in [-0.05, 0) is 52.7 Å². The Balaban J connectivity index is 2.33. The molecule has 0 fully saturated rings. The van der Waals surface area contributed by atoms with Gasteiger partial charge in [-0.15, -0.1) is 0 Å². The number of aromatic nitrogens is 3. The van der Waals surface area contributed by atoms with Gasteiger partial charge in [0.05, 0.1) is 0 Å². The molecular formula is C19H29N5O. The molecule has 1 aromatic heterocycles. The minimum absolute atomic E-state index is 0.122. The number of nitrogens with zero attached hydrogens (tertiary/aromatic N) is 3. The molecule has 0 saturated carbocycles. The maximum Gasteiger partial charge on any atom is 0.328 e. The van der Waals surface area contributed by atoms with Crippen molar-refractivity contribution in [3.63, 3.8) is 0 Å². The quantitative estimate of drug-likeness (QED) is 0.713. The first kappa shape index (κ1) is 19.0. The molecule has 0 aliphatic rings. The van der Waals surface area contributed by atoms with Crippen LogP contribution in [0.3, 0.4) is 0 Å². The van der Waals surface area contributed by atoms with Gasteiger partial charge in [0.1, 0.15) is 5.75 Å². The average Bonchev–Trinajstić information content (AvgIpc) is 2.55. The lowest BCUT2D eigenvalue weighted by Crippen LogP contribution is -2.33. The van der Waals surface area contributed by atoms with Crippen molar-refractivity contribution in [1.82, 2.24) is 15.0 Å². The van der Waals surface area contributed by atoms with E-state index in [9.17, 15) is 0 Å². The van der Waals surface area contributed by atoms with Gasteiger partial charge in [-0.2, -0.15) is 15.0 Å². The van der Waals surface area contributed by atoms with E-state index in [0.717, 1.165) is 12.8 Å². The van der Waals surface area contributed by atoms with Crippen molar-refractivity contribution in [3.8, 4) is 11.8 Å². The number of hydrogen-bond donors (Lipinski definition) is 2. The van der Waals surface area contributed by atoms with Crippen LogP contribution in [-0.4, -0.2) is 26.0 Å². The van der Waals surface area contributed by atoms with Gasteiger partial charge < -0.3 is 15.4 Å². The largest absolute Gasteiger partial charge is 0.424 e. The van der Waals surface area contributed by atoms with Crippen LogP contribution in [-0.2, 0) is 0 Å². The highest BCUT2D eigenvalue weighted by atomic mass is 16.5. The second kappa shape index (κ2) is 7.68. The van der Waals surface area contributed by atoms with Crippen molar-refractivity contribution in [2.24, 2.45) is 0 Å². The lowest BCUT2D eigenvalue weighted by Gasteiger charge is -2.27. The Morgan fingerprint density at radius 2 is 1.28 bits per heavy atom. The van der Waals surface area contributed by atoms with E-state index in [1.807, 2.05) is 30.3 Å². The third-order valence-corrected chi connectivity index (χ3v) is 4.24. The molecule has 1 aromatic carbocycles. The maximum atomic E-state index is 5.81. The van der Waals surface area contributed by atoms with E-state index >= 15 is 0 Å². The van der Waals surface area contributed by atoms with Crippen molar-refractivity contribution in [1.29, 1.82) is 0 Å². The zero-order chi connectivity index (χ0) is 18.5. The van der Waals surface area contributed by atoms with E-state index in [1.54, 1.807) is 0 Å². The van der Waals surface area contributed by atoms with Crippen molar-refractivity contribution in [2.45, 2.75) is 65.5 Å². The Hall–Kier alpha value is -2.37. The highest BCUT2D eigenvalue weighted by Crippen LogP contribution is 2.23. The first-order chi connectivity index (χ1) is 11.7. The van der Waals surface area contributed by atoms with Gasteiger partial charge in [0.25, 0.3) is 0 Å². The summed E-state index contributed by atoms with van der Waals surface area (Å²) in [5.41, 5.74) is -0.244. The third-order valence-electron chi connectivity index (χ3n) is 4.24. The third kappa shape index (κ3) is 5.89. The molecule has 0 amide bonds. The van der Waals surface area contributed by atoms with Crippen LogP contribution in [0.25, 0.3) is 0 Å². The molecule has 6 heteroatoms. The summed E-state index contributed by atoms with van der Waals surface area (Å²) >= 11 is 0. The molecule has 0 bridgehead atoms. The molecule has 0 atom stereocenters. The van der Waals surface area contributed by atoms with Crippen molar-refractivity contribution >= 4 is 11.9 Å². The van der Waals surface area contributed by atoms with Crippen molar-refractivity contribution in [3.05, 3.63) is 30.3 Å². The number of anilines is 2. The Morgan fingerprint density at radius 3 is 1.72 bits per heavy atom. The van der Waals surface area contributed by atoms with E-state index < -0.39 is 0 Å². The van der Waals surface area contributed by atoms with Crippen LogP contribution < -0.4 is 15.4 Å². The van der Waals surface area contributed by atoms with Gasteiger partial charge >= 0.3 is 6.01 Å². The molecule has 2 rings (SSSR count). The zero-order valence-electron chi connectivity index (χ0n) is 16.1. The Kier molecular flexibility index (Phi) is 5.82. The fraction of sp³-hybridized carbons (Fsp3) is 0.526. The number of nitrogens with one attached hydrogen (secondary N) is 2. The Morgan fingerprint density at radius 1 is 0.800 bits per heavy atom. The minimum atomic E-state index is -0.122. The van der Waals surface area contributed by atoms with Gasteiger partial charge in [0, 0.05) is 11.1 Å². The summed E-state index contributed by atoms with van der Waals surface area (Å²) in [7, 11) is 0. The summed E-state index contributed by atoms with van der Waals surface area (Å²) in [5, 5.41) is 6.71. The predicted molar refractivity (Wildman–Crippen MR) is 102 cm³/mol. The fourth-order valence-electron chi connectivity index (χ4n) is 1.89. The van der Waals surface area contributed by atoms with Crippen LogP contribution in [0.1, 0.15) is 54.4 Å². The number of rotatable bonds is 8. The van der Waals surface area contributed by atoms with Crippen LogP contribution in [0.4, 0.5) is 11.9 Å². The van der Waals surface area contributed by atoms with E-state index in [0.29, 0.717) is 17.6 Å². The SMILES string of the molecule is CCC(C)(C)Nc1nc(NC(C)(C)CC)nc(Oc2ccccc2)n1. The van der Waals surface area contributed by atoms with Gasteiger partial charge in [-0.3, -0.25) is 0 Å². The summed E-state index contributed by atoms with van der Waals surface area (Å²) in [6, 6.07) is 9.77. The molecule has 1 heterocycles. The van der Waals surface area contributed by atoms with Gasteiger partial charge in [-0.25, -0.2) is 0 Å². The van der Waals surface area contributed by atoms with Gasteiger partial charge in [-0.1, -0.05) is 32.0 Å². The van der Waals surface area contributed by atoms with Crippen LogP contribution >= 0.6 is 0 Å². The smallest absolute Gasteiger partial charge is 0.328 e. The molecule has 0 aliphatic heterocycles. The molecule has 0 unspecified atom stereocenters. The number of benzene rings is 1. The molecule has 136 valence electrons. The summed E-state index contributed by atoms with van der Waals surface area (Å²) in [4.78, 5) is 13.4. The minimum Gasteiger partial charge on any atom is -0.424 e. The molecule has 0 radical (unpaired) electrons. The second-order valence-electron chi connectivity index (χ2n) is 7.41. The van der Waals surface area contributed by atoms with E-state index in [-0.39, 0.29) is 17.1 Å². The number of hydrogen-bond acceptors (Lipinski definition) is 6. The predicted octanol–water partition coefficient (Wildman–Crippen LogP) is 4.86. The number of para-hydroxylation sites is 1. The van der Waals surface area contributed by atoms with Gasteiger partial charge in [0.2, 0.25) is 11.9 Å². The maximum absolute atomic E-state index is 5.81. The molecule has 0 spiro atoms. The molecule has 2 aromatic rings. The monoisotopic (exact) mass is 343 g/mol. The highest BCUT2D eigenvalue weighted by Gasteiger charge is 2.21. The second-order valence-corrected chi connectivity index (χ2v) is 7.41. The molecule has 25 heavy (non-hydrogen) atoms. The number of ether oxygens (including phenoxy) is 1. The molecule has 6 nitrogen and oxygen atoms in total. The van der Waals surface area contributed by atoms with Crippen LogP contribution in [0.15, 0.2) is 30.3 Å². The normalized spacial score (nSPS) is 11.9. The first-order valence-electron chi connectivity index (χ1n) is 8.78. The summed E-state index contributed by atoms with van der Waals surface area (Å²) in [5.74, 6) is 1.69. The first-order valence-corrected chi connectivity index (χ1v) is 8.78. The average molecular weight is 343 g/mol. The lowest BCUT2D eigenvalue weighted by molar-refractivity contribution is 0.437. The highest BCUT2D eigenvalue weighted by molar-refractivity contribution is 5.40. The van der Waals surface area contributed by atoms with Crippen LogP contribution in [0.5, 0.6) is 11.8 Å². The zero-order valence-corrected chi connectivity index (χ0v) is 16.1.